The lowest BCUT2D eigenvalue weighted by Crippen LogP contribution is -2.39. The molecule has 39 heavy (non-hydrogen) atoms. The van der Waals surface area contributed by atoms with Crippen molar-refractivity contribution in [2.24, 2.45) is 23.0 Å². The van der Waals surface area contributed by atoms with E-state index in [2.05, 4.69) is 17.6 Å². The molecule has 3 unspecified atom stereocenters. The van der Waals surface area contributed by atoms with Gasteiger partial charge in [0.05, 0.1) is 28.8 Å². The molecule has 0 amide bonds. The second-order valence-electron chi connectivity index (χ2n) is 12.7. The van der Waals surface area contributed by atoms with Gasteiger partial charge in [0, 0.05) is 30.7 Å². The van der Waals surface area contributed by atoms with Crippen molar-refractivity contribution in [3.05, 3.63) is 29.6 Å². The van der Waals surface area contributed by atoms with Crippen molar-refractivity contribution in [1.29, 1.82) is 0 Å². The van der Waals surface area contributed by atoms with Gasteiger partial charge in [0.1, 0.15) is 17.7 Å². The number of carbonyl (C=O) groups excluding carboxylic acids is 2. The molecule has 2 saturated heterocycles. The molecule has 1 aromatic heterocycles. The van der Waals surface area contributed by atoms with Crippen LogP contribution in [0.15, 0.2) is 18.2 Å². The fourth-order valence-corrected chi connectivity index (χ4v) is 6.22. The number of imidazole rings is 1. The van der Waals surface area contributed by atoms with E-state index in [1.165, 1.54) is 0 Å². The van der Waals surface area contributed by atoms with Crippen molar-refractivity contribution in [1.82, 2.24) is 9.55 Å². The van der Waals surface area contributed by atoms with Crippen molar-refractivity contribution in [3.63, 3.8) is 0 Å². The number of epoxide rings is 1. The summed E-state index contributed by atoms with van der Waals surface area (Å²) < 4.78 is 14.4. The molecule has 2 aromatic rings. The number of aromatic nitrogens is 2. The molecule has 6 atom stereocenters. The Hall–Kier alpha value is -2.29. The van der Waals surface area contributed by atoms with Crippen LogP contribution in [0.3, 0.4) is 0 Å². The summed E-state index contributed by atoms with van der Waals surface area (Å²) in [5.41, 5.74) is 7.53. The number of fused-ring (bicyclic) bond motifs is 2. The number of carbonyl (C=O) groups is 2. The summed E-state index contributed by atoms with van der Waals surface area (Å²) >= 11 is 0. The van der Waals surface area contributed by atoms with Gasteiger partial charge in [0.15, 0.2) is 0 Å². The van der Waals surface area contributed by atoms with Crippen LogP contribution in [0.1, 0.15) is 97.1 Å². The summed E-state index contributed by atoms with van der Waals surface area (Å²) in [6, 6.07) is 6.10. The highest BCUT2D eigenvalue weighted by molar-refractivity contribution is 5.87. The summed E-state index contributed by atoms with van der Waals surface area (Å²) in [6.07, 6.45) is 3.33. The number of benzene rings is 1. The number of rotatable bonds is 4. The highest BCUT2D eigenvalue weighted by Crippen LogP contribution is 2.46. The maximum Gasteiger partial charge on any atom is 0.306 e. The summed E-state index contributed by atoms with van der Waals surface area (Å²) in [5, 5.41) is 10.9. The number of esters is 1. The van der Waals surface area contributed by atoms with E-state index in [4.69, 9.17) is 20.2 Å². The van der Waals surface area contributed by atoms with Crippen molar-refractivity contribution < 1.29 is 24.2 Å². The Bertz CT molecular complexity index is 1190. The van der Waals surface area contributed by atoms with Crippen LogP contribution in [0.25, 0.3) is 11.0 Å². The lowest BCUT2D eigenvalue weighted by Gasteiger charge is -2.31. The number of aryl methyl sites for hydroxylation is 2. The molecule has 0 saturated carbocycles. The van der Waals surface area contributed by atoms with Gasteiger partial charge in [0.2, 0.25) is 0 Å². The standard InChI is InChI=1S/C31H47N3O5/c1-19-9-7-13-31(6)26(39-31)18-25(38-27(35)12-14-30(4,5)29(37)20(2)28(19)36)22-10-11-24-23(17-22)33-21(3)34(24)16-8-15-32/h10-11,17,19-20,25-26,28,36H,7-9,12-16,18,32H2,1-6H3/t19-,20+,25?,26?,28?,31+/m0/s1. The average Bonchev–Trinajstić information content (AvgIpc) is 3.41. The minimum atomic E-state index is -0.739. The first-order valence-electron chi connectivity index (χ1n) is 14.6. The monoisotopic (exact) mass is 541 g/mol. The number of ether oxygens (including phenoxy) is 2. The maximum atomic E-state index is 13.3. The lowest BCUT2D eigenvalue weighted by molar-refractivity contribution is -0.151. The van der Waals surface area contributed by atoms with Crippen LogP contribution in [-0.2, 0) is 25.6 Å². The van der Waals surface area contributed by atoms with Gasteiger partial charge in [-0.25, -0.2) is 4.98 Å². The molecule has 0 spiro atoms. The van der Waals surface area contributed by atoms with Crippen LogP contribution < -0.4 is 5.73 Å². The molecule has 2 aliphatic heterocycles. The van der Waals surface area contributed by atoms with E-state index in [9.17, 15) is 14.7 Å². The second kappa shape index (κ2) is 11.7. The van der Waals surface area contributed by atoms with Crippen LogP contribution in [0.2, 0.25) is 0 Å². The second-order valence-corrected chi connectivity index (χ2v) is 12.7. The molecule has 2 fully saturated rings. The van der Waals surface area contributed by atoms with Crippen LogP contribution >= 0.6 is 0 Å². The first-order valence-corrected chi connectivity index (χ1v) is 14.6. The smallest absolute Gasteiger partial charge is 0.306 e. The summed E-state index contributed by atoms with van der Waals surface area (Å²) in [4.78, 5) is 31.2. The zero-order valence-electron chi connectivity index (χ0n) is 24.5. The third-order valence-corrected chi connectivity index (χ3v) is 9.12. The van der Waals surface area contributed by atoms with Crippen LogP contribution in [0.5, 0.6) is 0 Å². The Morgan fingerprint density at radius 3 is 2.64 bits per heavy atom. The van der Waals surface area contributed by atoms with Crippen molar-refractivity contribution >= 4 is 22.8 Å². The highest BCUT2D eigenvalue weighted by Gasteiger charge is 2.52. The highest BCUT2D eigenvalue weighted by atomic mass is 16.6. The zero-order chi connectivity index (χ0) is 28.5. The number of nitrogens with two attached hydrogens (primary N) is 1. The number of ketones is 1. The molecule has 0 bridgehead atoms. The summed E-state index contributed by atoms with van der Waals surface area (Å²) in [7, 11) is 0. The van der Waals surface area contributed by atoms with E-state index in [0.717, 1.165) is 54.6 Å². The first-order chi connectivity index (χ1) is 18.4. The molecule has 8 nitrogen and oxygen atoms in total. The Morgan fingerprint density at radius 1 is 1.18 bits per heavy atom. The fraction of sp³-hybridized carbons (Fsp3) is 0.710. The molecule has 3 heterocycles. The molecule has 0 aliphatic carbocycles. The van der Waals surface area contributed by atoms with E-state index < -0.39 is 23.5 Å². The van der Waals surface area contributed by atoms with Gasteiger partial charge in [-0.3, -0.25) is 9.59 Å². The van der Waals surface area contributed by atoms with E-state index in [1.807, 2.05) is 39.8 Å². The normalized spacial score (nSPS) is 32.6. The van der Waals surface area contributed by atoms with E-state index in [1.54, 1.807) is 6.92 Å². The number of Topliss-reactive ketones (excluding diaryl/α,β-unsaturated/α-hetero) is 1. The fourth-order valence-electron chi connectivity index (χ4n) is 6.22. The number of hydrogen-bond donors (Lipinski definition) is 2. The molecule has 4 rings (SSSR count). The maximum absolute atomic E-state index is 13.3. The van der Waals surface area contributed by atoms with Gasteiger partial charge in [-0.05, 0) is 69.7 Å². The molecule has 3 N–H and O–H groups in total. The SMILES string of the molecule is Cc1nc2cc(C3CC4O[C@]4(C)CCC[C@H](C)C(O)[C@@H](C)C(=O)C(C)(C)CCC(=O)O3)ccc2n1CCCN. The van der Waals surface area contributed by atoms with Gasteiger partial charge in [-0.15, -0.1) is 0 Å². The van der Waals surface area contributed by atoms with E-state index >= 15 is 0 Å². The lowest BCUT2D eigenvalue weighted by atomic mass is 9.74. The molecule has 1 aromatic carbocycles. The molecule has 216 valence electrons. The quantitative estimate of drug-likeness (QED) is 0.412. The van der Waals surface area contributed by atoms with Gasteiger partial charge < -0.3 is 24.9 Å². The number of aliphatic hydroxyl groups excluding tert-OH is 1. The minimum absolute atomic E-state index is 0.00557. The first kappa shape index (κ1) is 29.7. The Labute approximate surface area is 232 Å². The number of cyclic esters (lactones) is 1. The topological polar surface area (TPSA) is 120 Å². The van der Waals surface area contributed by atoms with Gasteiger partial charge in [-0.1, -0.05) is 40.2 Å². The molecular formula is C31H47N3O5. The zero-order valence-corrected chi connectivity index (χ0v) is 24.5. The van der Waals surface area contributed by atoms with Crippen LogP contribution in [0.4, 0.5) is 0 Å². The summed E-state index contributed by atoms with van der Waals surface area (Å²) in [6.45, 7) is 13.1. The minimum Gasteiger partial charge on any atom is -0.457 e. The predicted octanol–water partition coefficient (Wildman–Crippen LogP) is 5.02. The Balaban J connectivity index is 1.59. The van der Waals surface area contributed by atoms with Crippen molar-refractivity contribution in [3.8, 4) is 0 Å². The summed E-state index contributed by atoms with van der Waals surface area (Å²) in [5.74, 6) is 0.103. The van der Waals surface area contributed by atoms with E-state index in [0.29, 0.717) is 19.4 Å². The van der Waals surface area contributed by atoms with Gasteiger partial charge >= 0.3 is 5.97 Å². The molecule has 2 aliphatic rings. The van der Waals surface area contributed by atoms with Gasteiger partial charge in [0.25, 0.3) is 0 Å². The molecule has 0 radical (unpaired) electrons. The van der Waals surface area contributed by atoms with E-state index in [-0.39, 0.29) is 35.8 Å². The van der Waals surface area contributed by atoms with Crippen molar-refractivity contribution in [2.75, 3.05) is 6.54 Å². The largest absolute Gasteiger partial charge is 0.457 e. The predicted molar refractivity (Wildman–Crippen MR) is 151 cm³/mol. The molecule has 8 heteroatoms. The van der Waals surface area contributed by atoms with Crippen molar-refractivity contribution in [2.45, 2.75) is 117 Å². The Morgan fingerprint density at radius 2 is 1.92 bits per heavy atom. The van der Waals surface area contributed by atoms with Crippen LogP contribution in [0, 0.1) is 24.2 Å². The number of nitrogens with zero attached hydrogens (tertiary/aromatic N) is 2. The molecular weight excluding hydrogens is 494 g/mol. The third-order valence-electron chi connectivity index (χ3n) is 9.12. The number of hydrogen-bond acceptors (Lipinski definition) is 7. The number of aliphatic hydroxyl groups is 1. The third kappa shape index (κ3) is 6.55. The Kier molecular flexibility index (Phi) is 8.89. The van der Waals surface area contributed by atoms with Crippen LogP contribution in [-0.4, -0.2) is 50.8 Å². The average molecular weight is 542 g/mol. The van der Waals surface area contributed by atoms with Gasteiger partial charge in [-0.2, -0.15) is 0 Å².